The molecule has 0 aliphatic carbocycles. The first-order chi connectivity index (χ1) is 11.1. The molecule has 0 atom stereocenters. The Morgan fingerprint density at radius 1 is 1.30 bits per heavy atom. The molecule has 0 unspecified atom stereocenters. The third kappa shape index (κ3) is 2.98. The largest absolute Gasteiger partial charge is 0.350 e. The summed E-state index contributed by atoms with van der Waals surface area (Å²) < 4.78 is 1.59. The molecule has 7 heteroatoms. The van der Waals surface area contributed by atoms with Crippen molar-refractivity contribution < 1.29 is 4.79 Å². The minimum absolute atomic E-state index is 0.0544. The molecule has 1 N–H and O–H groups in total. The van der Waals surface area contributed by atoms with E-state index in [1.807, 2.05) is 44.0 Å². The minimum atomic E-state index is -0.177. The number of carbonyl (C=O) groups excluding carboxylic acids is 1. The Morgan fingerprint density at radius 2 is 2.13 bits per heavy atom. The van der Waals surface area contributed by atoms with Crippen LogP contribution in [0.3, 0.4) is 0 Å². The summed E-state index contributed by atoms with van der Waals surface area (Å²) in [6.07, 6.45) is 6.80. The number of fused-ring (bicyclic) bond motifs is 1. The molecule has 118 valence electrons. The van der Waals surface area contributed by atoms with Crippen molar-refractivity contribution in [3.8, 4) is 0 Å². The number of anilines is 2. The monoisotopic (exact) mass is 310 g/mol. The summed E-state index contributed by atoms with van der Waals surface area (Å²) in [6, 6.07) is 5.71. The van der Waals surface area contributed by atoms with Crippen LogP contribution in [-0.4, -0.2) is 38.6 Å². The first kappa shape index (κ1) is 15.0. The maximum absolute atomic E-state index is 12.3. The lowest BCUT2D eigenvalue weighted by Gasteiger charge is -2.17. The van der Waals surface area contributed by atoms with Crippen LogP contribution in [0.1, 0.15) is 24.2 Å². The predicted octanol–water partition coefficient (Wildman–Crippen LogP) is 2.03. The van der Waals surface area contributed by atoms with E-state index in [4.69, 9.17) is 0 Å². The summed E-state index contributed by atoms with van der Waals surface area (Å²) in [4.78, 5) is 22.8. The van der Waals surface area contributed by atoms with Gasteiger partial charge in [0.05, 0.1) is 18.1 Å². The van der Waals surface area contributed by atoms with Crippen molar-refractivity contribution in [1.29, 1.82) is 0 Å². The third-order valence-electron chi connectivity index (χ3n) is 3.40. The first-order valence-electron chi connectivity index (χ1n) is 7.35. The van der Waals surface area contributed by atoms with E-state index in [0.717, 1.165) is 5.69 Å². The quantitative estimate of drug-likeness (QED) is 0.798. The average molecular weight is 310 g/mol. The van der Waals surface area contributed by atoms with Gasteiger partial charge in [-0.1, -0.05) is 0 Å². The van der Waals surface area contributed by atoms with Crippen LogP contribution in [0.15, 0.2) is 43.0 Å². The van der Waals surface area contributed by atoms with E-state index < -0.39 is 0 Å². The van der Waals surface area contributed by atoms with Crippen LogP contribution >= 0.6 is 0 Å². The highest BCUT2D eigenvalue weighted by molar-refractivity contribution is 5.99. The molecule has 7 nitrogen and oxygen atoms in total. The molecular weight excluding hydrogens is 292 g/mol. The zero-order valence-corrected chi connectivity index (χ0v) is 13.3. The molecule has 3 rings (SSSR count). The van der Waals surface area contributed by atoms with Gasteiger partial charge >= 0.3 is 0 Å². The molecule has 0 bridgehead atoms. The number of rotatable bonds is 4. The Kier molecular flexibility index (Phi) is 3.92. The van der Waals surface area contributed by atoms with Crippen molar-refractivity contribution in [1.82, 2.24) is 24.9 Å². The Balaban J connectivity index is 1.99. The zero-order chi connectivity index (χ0) is 16.4. The molecular formula is C16H18N6O. The summed E-state index contributed by atoms with van der Waals surface area (Å²) in [5, 5.41) is 7.04. The van der Waals surface area contributed by atoms with Crippen LogP contribution in [0.4, 0.5) is 11.5 Å². The minimum Gasteiger partial charge on any atom is -0.350 e. The second-order valence-electron chi connectivity index (χ2n) is 5.51. The summed E-state index contributed by atoms with van der Waals surface area (Å²) >= 11 is 0. The van der Waals surface area contributed by atoms with Crippen LogP contribution in [0.5, 0.6) is 0 Å². The summed E-state index contributed by atoms with van der Waals surface area (Å²) in [6.45, 7) is 3.83. The van der Waals surface area contributed by atoms with E-state index in [0.29, 0.717) is 17.0 Å². The van der Waals surface area contributed by atoms with E-state index in [9.17, 15) is 4.79 Å². The van der Waals surface area contributed by atoms with Crippen molar-refractivity contribution in [2.75, 3.05) is 11.9 Å². The lowest BCUT2D eigenvalue weighted by Crippen LogP contribution is -2.30. The van der Waals surface area contributed by atoms with E-state index in [2.05, 4.69) is 20.4 Å². The number of nitrogens with zero attached hydrogens (tertiary/aromatic N) is 5. The van der Waals surface area contributed by atoms with Crippen LogP contribution in [0.25, 0.3) is 5.65 Å². The fourth-order valence-corrected chi connectivity index (χ4v) is 2.23. The van der Waals surface area contributed by atoms with E-state index in [1.165, 1.54) is 6.20 Å². The SMILES string of the molecule is CC(C)NC(=O)c1cnn2ccc(N(C)c3cccnc3)nc12. The van der Waals surface area contributed by atoms with Gasteiger partial charge in [-0.3, -0.25) is 9.78 Å². The molecule has 0 saturated heterocycles. The summed E-state index contributed by atoms with van der Waals surface area (Å²) in [7, 11) is 1.90. The van der Waals surface area contributed by atoms with E-state index >= 15 is 0 Å². The number of hydrogen-bond donors (Lipinski definition) is 1. The van der Waals surface area contributed by atoms with Gasteiger partial charge < -0.3 is 10.2 Å². The lowest BCUT2D eigenvalue weighted by atomic mass is 10.3. The average Bonchev–Trinajstić information content (AvgIpc) is 2.97. The van der Waals surface area contributed by atoms with Crippen molar-refractivity contribution in [3.63, 3.8) is 0 Å². The molecule has 0 saturated carbocycles. The van der Waals surface area contributed by atoms with Crippen LogP contribution in [0.2, 0.25) is 0 Å². The Hall–Kier alpha value is -2.96. The van der Waals surface area contributed by atoms with Crippen LogP contribution in [-0.2, 0) is 0 Å². The smallest absolute Gasteiger partial charge is 0.256 e. The van der Waals surface area contributed by atoms with Gasteiger partial charge in [0.2, 0.25) is 0 Å². The number of carbonyl (C=O) groups is 1. The highest BCUT2D eigenvalue weighted by Crippen LogP contribution is 2.21. The van der Waals surface area contributed by atoms with E-state index in [-0.39, 0.29) is 11.9 Å². The second kappa shape index (κ2) is 6.04. The molecule has 0 aliphatic rings. The standard InChI is InChI=1S/C16H18N6O/c1-11(2)19-16(23)13-10-18-22-8-6-14(20-15(13)22)21(3)12-5-4-7-17-9-12/h4-11H,1-3H3,(H,19,23). The van der Waals surface area contributed by atoms with Gasteiger partial charge in [-0.2, -0.15) is 5.10 Å². The van der Waals surface area contributed by atoms with Gasteiger partial charge in [0.25, 0.3) is 5.91 Å². The number of nitrogens with one attached hydrogen (secondary N) is 1. The second-order valence-corrected chi connectivity index (χ2v) is 5.51. The maximum Gasteiger partial charge on any atom is 0.256 e. The Labute approximate surface area is 134 Å². The van der Waals surface area contributed by atoms with Gasteiger partial charge in [-0.05, 0) is 32.0 Å². The topological polar surface area (TPSA) is 75.4 Å². The number of hydrogen-bond acceptors (Lipinski definition) is 5. The molecule has 3 aromatic heterocycles. The maximum atomic E-state index is 12.3. The van der Waals surface area contributed by atoms with Gasteiger partial charge in [0, 0.05) is 25.5 Å². The molecule has 0 radical (unpaired) electrons. The first-order valence-corrected chi connectivity index (χ1v) is 7.35. The molecule has 0 spiro atoms. The third-order valence-corrected chi connectivity index (χ3v) is 3.40. The van der Waals surface area contributed by atoms with Crippen LogP contribution < -0.4 is 10.2 Å². The van der Waals surface area contributed by atoms with Crippen molar-refractivity contribution in [3.05, 3.63) is 48.5 Å². The van der Waals surface area contributed by atoms with Gasteiger partial charge in [-0.15, -0.1) is 0 Å². The summed E-state index contributed by atoms with van der Waals surface area (Å²) in [5.41, 5.74) is 1.90. The molecule has 0 aliphatic heterocycles. The number of aromatic nitrogens is 4. The molecule has 3 aromatic rings. The fourth-order valence-electron chi connectivity index (χ4n) is 2.23. The molecule has 1 amide bonds. The van der Waals surface area contributed by atoms with Crippen molar-refractivity contribution in [2.45, 2.75) is 19.9 Å². The molecule has 3 heterocycles. The lowest BCUT2D eigenvalue weighted by molar-refractivity contribution is 0.0944. The van der Waals surface area contributed by atoms with Crippen LogP contribution in [0, 0.1) is 0 Å². The molecule has 0 fully saturated rings. The van der Waals surface area contributed by atoms with Crippen molar-refractivity contribution in [2.24, 2.45) is 0 Å². The fraction of sp³-hybridized carbons (Fsp3) is 0.250. The number of pyridine rings is 1. The van der Waals surface area contributed by atoms with Gasteiger partial charge in [0.15, 0.2) is 5.65 Å². The highest BCUT2D eigenvalue weighted by Gasteiger charge is 2.16. The normalized spacial score (nSPS) is 11.0. The predicted molar refractivity (Wildman–Crippen MR) is 87.9 cm³/mol. The highest BCUT2D eigenvalue weighted by atomic mass is 16.1. The zero-order valence-electron chi connectivity index (χ0n) is 13.3. The Bertz CT molecular complexity index is 827. The van der Waals surface area contributed by atoms with Gasteiger partial charge in [0.1, 0.15) is 11.4 Å². The van der Waals surface area contributed by atoms with Crippen molar-refractivity contribution >= 4 is 23.1 Å². The van der Waals surface area contributed by atoms with E-state index in [1.54, 1.807) is 23.1 Å². The van der Waals surface area contributed by atoms with Gasteiger partial charge in [-0.25, -0.2) is 9.50 Å². The Morgan fingerprint density at radius 3 is 2.83 bits per heavy atom. The molecule has 23 heavy (non-hydrogen) atoms. The number of amides is 1. The summed E-state index contributed by atoms with van der Waals surface area (Å²) in [5.74, 6) is 0.535. The molecule has 0 aromatic carbocycles.